The van der Waals surface area contributed by atoms with E-state index in [1.807, 2.05) is 42.5 Å². The van der Waals surface area contributed by atoms with Crippen LogP contribution in [0.1, 0.15) is 0 Å². The van der Waals surface area contributed by atoms with E-state index in [4.69, 9.17) is 9.47 Å². The van der Waals surface area contributed by atoms with Crippen LogP contribution < -0.4 is 20.1 Å². The monoisotopic (exact) mass is 322 g/mol. The Morgan fingerprint density at radius 1 is 0.833 bits per heavy atom. The van der Waals surface area contributed by atoms with E-state index >= 15 is 0 Å². The average Bonchev–Trinajstić information content (AvgIpc) is 2.64. The first kappa shape index (κ1) is 15.6. The second-order valence-electron chi connectivity index (χ2n) is 4.98. The predicted octanol–water partition coefficient (Wildman–Crippen LogP) is 3.98. The van der Waals surface area contributed by atoms with E-state index in [-0.39, 0.29) is 0 Å². The molecule has 0 amide bonds. The zero-order valence-electron chi connectivity index (χ0n) is 13.5. The molecule has 0 aliphatic carbocycles. The Hall–Kier alpha value is -3.28. The van der Waals surface area contributed by atoms with Gasteiger partial charge in [0.2, 0.25) is 0 Å². The highest BCUT2D eigenvalue weighted by atomic mass is 16.5. The number of methoxy groups -OCH3 is 2. The van der Waals surface area contributed by atoms with Crippen LogP contribution in [0.3, 0.4) is 0 Å². The number of nitrogens with one attached hydrogen (secondary N) is 2. The van der Waals surface area contributed by atoms with Crippen LogP contribution in [0.15, 0.2) is 61.1 Å². The lowest BCUT2D eigenvalue weighted by Gasteiger charge is -2.15. The molecule has 3 aromatic rings. The Morgan fingerprint density at radius 2 is 1.67 bits per heavy atom. The van der Waals surface area contributed by atoms with Crippen molar-refractivity contribution >= 4 is 22.9 Å². The molecule has 0 saturated carbocycles. The van der Waals surface area contributed by atoms with E-state index in [1.165, 1.54) is 0 Å². The molecule has 1 heterocycles. The fourth-order valence-corrected chi connectivity index (χ4v) is 2.22. The lowest BCUT2D eigenvalue weighted by Crippen LogP contribution is -2.00. The van der Waals surface area contributed by atoms with Gasteiger partial charge in [-0.3, -0.25) is 4.98 Å². The summed E-state index contributed by atoms with van der Waals surface area (Å²) in [6, 6.07) is 13.5. The predicted molar refractivity (Wildman–Crippen MR) is 94.6 cm³/mol. The topological polar surface area (TPSA) is 68.3 Å². The molecule has 24 heavy (non-hydrogen) atoms. The molecular formula is C18H18N4O2. The van der Waals surface area contributed by atoms with E-state index in [1.54, 1.807) is 32.8 Å². The van der Waals surface area contributed by atoms with Gasteiger partial charge in [-0.2, -0.15) is 0 Å². The van der Waals surface area contributed by atoms with Gasteiger partial charge in [-0.05, 0) is 24.3 Å². The normalized spacial score (nSPS) is 10.1. The van der Waals surface area contributed by atoms with Gasteiger partial charge in [0.05, 0.1) is 31.8 Å². The molecule has 0 unspecified atom stereocenters. The van der Waals surface area contributed by atoms with Crippen LogP contribution in [0, 0.1) is 0 Å². The molecule has 2 aromatic carbocycles. The number of hydrogen-bond donors (Lipinski definition) is 2. The highest BCUT2D eigenvalue weighted by molar-refractivity contribution is 5.78. The molecule has 0 saturated heterocycles. The molecule has 122 valence electrons. The summed E-state index contributed by atoms with van der Waals surface area (Å²) >= 11 is 0. The number of benzene rings is 2. The van der Waals surface area contributed by atoms with Crippen molar-refractivity contribution in [2.24, 2.45) is 0 Å². The molecular weight excluding hydrogens is 304 g/mol. The van der Waals surface area contributed by atoms with Gasteiger partial charge in [-0.15, -0.1) is 0 Å². The lowest BCUT2D eigenvalue weighted by molar-refractivity contribution is 0.415. The van der Waals surface area contributed by atoms with Gasteiger partial charge in [0.25, 0.3) is 0 Å². The highest BCUT2D eigenvalue weighted by Gasteiger charge is 2.07. The third-order valence-corrected chi connectivity index (χ3v) is 3.40. The Kier molecular flexibility index (Phi) is 4.76. The SMILES string of the molecule is COc1cccc(Nc2ccc(OC)cc2Nc2cnccn2)c1. The van der Waals surface area contributed by atoms with Crippen LogP contribution in [-0.4, -0.2) is 24.2 Å². The summed E-state index contributed by atoms with van der Waals surface area (Å²) in [4.78, 5) is 8.31. The van der Waals surface area contributed by atoms with Crippen LogP contribution in [-0.2, 0) is 0 Å². The Balaban J connectivity index is 1.91. The van der Waals surface area contributed by atoms with Crippen molar-refractivity contribution < 1.29 is 9.47 Å². The number of aromatic nitrogens is 2. The quantitative estimate of drug-likeness (QED) is 0.715. The van der Waals surface area contributed by atoms with Crippen LogP contribution in [0.25, 0.3) is 0 Å². The maximum atomic E-state index is 5.31. The van der Waals surface area contributed by atoms with Crippen molar-refractivity contribution in [1.82, 2.24) is 9.97 Å². The molecule has 1 aromatic heterocycles. The smallest absolute Gasteiger partial charge is 0.148 e. The Morgan fingerprint density at radius 3 is 2.42 bits per heavy atom. The van der Waals surface area contributed by atoms with Crippen molar-refractivity contribution in [3.8, 4) is 11.5 Å². The van der Waals surface area contributed by atoms with Crippen molar-refractivity contribution in [2.45, 2.75) is 0 Å². The minimum atomic E-state index is 0.652. The van der Waals surface area contributed by atoms with Gasteiger partial charge in [0.1, 0.15) is 17.3 Å². The standard InChI is InChI=1S/C18H18N4O2/c1-23-14-5-3-4-13(10-14)21-16-7-6-15(24-2)11-17(16)22-18-12-19-8-9-20-18/h3-12,21H,1-2H3,(H,20,22). The molecule has 0 aliphatic heterocycles. The van der Waals surface area contributed by atoms with Gasteiger partial charge in [-0.1, -0.05) is 6.07 Å². The largest absolute Gasteiger partial charge is 0.497 e. The van der Waals surface area contributed by atoms with E-state index in [0.29, 0.717) is 5.82 Å². The van der Waals surface area contributed by atoms with Crippen LogP contribution in [0.4, 0.5) is 22.9 Å². The molecule has 0 spiro atoms. The van der Waals surface area contributed by atoms with E-state index in [2.05, 4.69) is 20.6 Å². The van der Waals surface area contributed by atoms with Gasteiger partial charge in [-0.25, -0.2) is 4.98 Å². The maximum absolute atomic E-state index is 5.31. The van der Waals surface area contributed by atoms with E-state index in [9.17, 15) is 0 Å². The summed E-state index contributed by atoms with van der Waals surface area (Å²) in [5.74, 6) is 2.19. The maximum Gasteiger partial charge on any atom is 0.148 e. The summed E-state index contributed by atoms with van der Waals surface area (Å²) in [6.45, 7) is 0. The summed E-state index contributed by atoms with van der Waals surface area (Å²) < 4.78 is 10.6. The van der Waals surface area contributed by atoms with E-state index in [0.717, 1.165) is 28.6 Å². The van der Waals surface area contributed by atoms with Crippen LogP contribution >= 0.6 is 0 Å². The zero-order chi connectivity index (χ0) is 16.8. The van der Waals surface area contributed by atoms with Gasteiger partial charge >= 0.3 is 0 Å². The highest BCUT2D eigenvalue weighted by Crippen LogP contribution is 2.32. The number of hydrogen-bond acceptors (Lipinski definition) is 6. The van der Waals surface area contributed by atoms with Crippen LogP contribution in [0.5, 0.6) is 11.5 Å². The fraction of sp³-hybridized carbons (Fsp3) is 0.111. The summed E-state index contributed by atoms with van der Waals surface area (Å²) in [6.07, 6.45) is 4.93. The number of ether oxygens (including phenoxy) is 2. The molecule has 0 bridgehead atoms. The minimum absolute atomic E-state index is 0.652. The number of rotatable bonds is 6. The Bertz CT molecular complexity index is 809. The molecule has 2 N–H and O–H groups in total. The van der Waals surface area contributed by atoms with Gasteiger partial charge < -0.3 is 20.1 Å². The molecule has 0 fully saturated rings. The number of nitrogens with zero attached hydrogens (tertiary/aromatic N) is 2. The summed E-state index contributed by atoms with van der Waals surface area (Å²) in [5, 5.41) is 6.62. The molecule has 0 radical (unpaired) electrons. The Labute approximate surface area is 140 Å². The molecule has 6 nitrogen and oxygen atoms in total. The number of anilines is 4. The summed E-state index contributed by atoms with van der Waals surface area (Å²) in [5.41, 5.74) is 2.63. The average molecular weight is 322 g/mol. The first-order valence-electron chi connectivity index (χ1n) is 7.40. The third-order valence-electron chi connectivity index (χ3n) is 3.40. The van der Waals surface area contributed by atoms with Crippen LogP contribution in [0.2, 0.25) is 0 Å². The second-order valence-corrected chi connectivity index (χ2v) is 4.98. The zero-order valence-corrected chi connectivity index (χ0v) is 13.5. The third kappa shape index (κ3) is 3.73. The summed E-state index contributed by atoms with van der Waals surface area (Å²) in [7, 11) is 3.28. The van der Waals surface area contributed by atoms with Crippen molar-refractivity contribution in [1.29, 1.82) is 0 Å². The van der Waals surface area contributed by atoms with Crippen molar-refractivity contribution in [3.05, 3.63) is 61.1 Å². The molecule has 6 heteroatoms. The molecule has 0 aliphatic rings. The minimum Gasteiger partial charge on any atom is -0.497 e. The van der Waals surface area contributed by atoms with Crippen molar-refractivity contribution in [2.75, 3.05) is 24.9 Å². The van der Waals surface area contributed by atoms with Crippen molar-refractivity contribution in [3.63, 3.8) is 0 Å². The van der Waals surface area contributed by atoms with Gasteiger partial charge in [0, 0.05) is 30.2 Å². The fourth-order valence-electron chi connectivity index (χ4n) is 2.22. The first-order chi connectivity index (χ1) is 11.8. The first-order valence-corrected chi connectivity index (χ1v) is 7.40. The van der Waals surface area contributed by atoms with Gasteiger partial charge in [0.15, 0.2) is 0 Å². The van der Waals surface area contributed by atoms with E-state index < -0.39 is 0 Å². The molecule has 3 rings (SSSR count). The second kappa shape index (κ2) is 7.32. The lowest BCUT2D eigenvalue weighted by atomic mass is 10.2. The molecule has 0 atom stereocenters.